The van der Waals surface area contributed by atoms with Gasteiger partial charge in [0.15, 0.2) is 0 Å². The molecule has 26 heavy (non-hydrogen) atoms. The molecular weight excluding hydrogens is 366 g/mol. The van der Waals surface area contributed by atoms with Crippen molar-refractivity contribution in [2.24, 2.45) is 0 Å². The third-order valence-corrected chi connectivity index (χ3v) is 5.76. The number of rotatable bonds is 6. The van der Waals surface area contributed by atoms with E-state index in [1.807, 2.05) is 36.4 Å². The van der Waals surface area contributed by atoms with Crippen LogP contribution < -0.4 is 5.32 Å². The fraction of sp³-hybridized carbons (Fsp3) is 0.350. The lowest BCUT2D eigenvalue weighted by atomic mass is 10.2. The van der Waals surface area contributed by atoms with E-state index in [1.165, 1.54) is 0 Å². The molecule has 0 spiro atoms. The number of carbonyl (C=O) groups excluding carboxylic acids is 1. The van der Waals surface area contributed by atoms with Crippen molar-refractivity contribution < 1.29 is 4.79 Å². The molecule has 0 aromatic heterocycles. The van der Waals surface area contributed by atoms with E-state index in [9.17, 15) is 4.79 Å². The third kappa shape index (κ3) is 5.74. The number of nitrogens with one attached hydrogen (secondary N) is 1. The summed E-state index contributed by atoms with van der Waals surface area (Å²) in [7, 11) is 2.13. The average Bonchev–Trinajstić information content (AvgIpc) is 2.64. The van der Waals surface area contributed by atoms with Gasteiger partial charge in [-0.25, -0.2) is 0 Å². The Hall–Kier alpha value is -1.53. The molecule has 0 atom stereocenters. The molecule has 1 fully saturated rings. The lowest BCUT2D eigenvalue weighted by molar-refractivity contribution is -0.116. The first kappa shape index (κ1) is 19.2. The highest BCUT2D eigenvalue weighted by molar-refractivity contribution is 7.99. The van der Waals surface area contributed by atoms with E-state index in [2.05, 4.69) is 34.3 Å². The number of hydrogen-bond acceptors (Lipinski definition) is 4. The van der Waals surface area contributed by atoms with Gasteiger partial charge in [0, 0.05) is 54.0 Å². The zero-order valence-corrected chi connectivity index (χ0v) is 16.5. The van der Waals surface area contributed by atoms with Crippen molar-refractivity contribution in [1.82, 2.24) is 9.80 Å². The maximum Gasteiger partial charge on any atom is 0.225 e. The Balaban J connectivity index is 1.59. The topological polar surface area (TPSA) is 35.6 Å². The van der Waals surface area contributed by atoms with Crippen molar-refractivity contribution in [2.45, 2.75) is 16.2 Å². The summed E-state index contributed by atoms with van der Waals surface area (Å²) in [5.41, 5.74) is 0.773. The predicted molar refractivity (Wildman–Crippen MR) is 109 cm³/mol. The number of benzene rings is 2. The fourth-order valence-electron chi connectivity index (χ4n) is 2.85. The molecule has 1 N–H and O–H groups in total. The molecule has 0 radical (unpaired) electrons. The highest BCUT2D eigenvalue weighted by atomic mass is 35.5. The summed E-state index contributed by atoms with van der Waals surface area (Å²) in [6.07, 6.45) is 0.492. The molecular formula is C20H24ClN3OS. The summed E-state index contributed by atoms with van der Waals surface area (Å²) >= 11 is 7.76. The number of likely N-dealkylation sites (N-methyl/N-ethyl adjacent to an activating group) is 1. The number of carbonyl (C=O) groups is 1. The van der Waals surface area contributed by atoms with Crippen LogP contribution >= 0.6 is 23.4 Å². The molecule has 1 heterocycles. The van der Waals surface area contributed by atoms with Crippen LogP contribution in [0.3, 0.4) is 0 Å². The molecule has 0 unspecified atom stereocenters. The second-order valence-corrected chi connectivity index (χ2v) is 8.05. The van der Waals surface area contributed by atoms with E-state index >= 15 is 0 Å². The van der Waals surface area contributed by atoms with E-state index in [0.29, 0.717) is 11.4 Å². The molecule has 1 aliphatic heterocycles. The molecule has 6 heteroatoms. The summed E-state index contributed by atoms with van der Waals surface area (Å²) in [6.45, 7) is 4.97. The molecule has 2 aromatic carbocycles. The molecule has 138 valence electrons. The van der Waals surface area contributed by atoms with Gasteiger partial charge in [-0.3, -0.25) is 4.79 Å². The lowest BCUT2D eigenvalue weighted by Gasteiger charge is -2.32. The second kappa shape index (κ2) is 9.42. The standard InChI is InChI=1S/C20H24ClN3OS/c1-23-11-13-24(14-12-23)10-9-20(25)22-18-15-16(21)7-8-19(18)26-17-5-3-2-4-6-17/h2-8,15H,9-14H2,1H3,(H,22,25). The van der Waals surface area contributed by atoms with Gasteiger partial charge in [0.05, 0.1) is 5.69 Å². The summed E-state index contributed by atoms with van der Waals surface area (Å²) in [5, 5.41) is 3.66. The minimum atomic E-state index is 0.0288. The van der Waals surface area contributed by atoms with Gasteiger partial charge in [0.25, 0.3) is 0 Å². The molecule has 0 bridgehead atoms. The number of piperazine rings is 1. The molecule has 1 amide bonds. The smallest absolute Gasteiger partial charge is 0.225 e. The Morgan fingerprint density at radius 3 is 2.58 bits per heavy atom. The first-order chi connectivity index (χ1) is 12.6. The number of anilines is 1. The lowest BCUT2D eigenvalue weighted by Crippen LogP contribution is -2.45. The molecule has 3 rings (SSSR count). The molecule has 0 aliphatic carbocycles. The Labute approximate surface area is 164 Å². The van der Waals surface area contributed by atoms with E-state index in [4.69, 9.17) is 11.6 Å². The first-order valence-corrected chi connectivity index (χ1v) is 10.0. The quantitative estimate of drug-likeness (QED) is 0.807. The summed E-state index contributed by atoms with van der Waals surface area (Å²) < 4.78 is 0. The van der Waals surface area contributed by atoms with Crippen LogP contribution in [0.4, 0.5) is 5.69 Å². The zero-order chi connectivity index (χ0) is 18.4. The Morgan fingerprint density at radius 1 is 1.12 bits per heavy atom. The van der Waals surface area contributed by atoms with Crippen LogP contribution in [-0.4, -0.2) is 55.5 Å². The van der Waals surface area contributed by atoms with Gasteiger partial charge in [-0.2, -0.15) is 0 Å². The Kier molecular flexibility index (Phi) is 6.97. The van der Waals surface area contributed by atoms with Crippen molar-refractivity contribution in [2.75, 3.05) is 45.1 Å². The minimum absolute atomic E-state index is 0.0288. The summed E-state index contributed by atoms with van der Waals surface area (Å²) in [4.78, 5) is 19.2. The van der Waals surface area contributed by atoms with Crippen LogP contribution in [0.2, 0.25) is 5.02 Å². The van der Waals surface area contributed by atoms with Crippen molar-refractivity contribution in [3.05, 3.63) is 53.6 Å². The number of nitrogens with zero attached hydrogens (tertiary/aromatic N) is 2. The van der Waals surface area contributed by atoms with Crippen LogP contribution in [-0.2, 0) is 4.79 Å². The number of amides is 1. The molecule has 1 aliphatic rings. The SMILES string of the molecule is CN1CCN(CCC(=O)Nc2cc(Cl)ccc2Sc2ccccc2)CC1. The van der Waals surface area contributed by atoms with Gasteiger partial charge >= 0.3 is 0 Å². The predicted octanol–water partition coefficient (Wildman–Crippen LogP) is 4.07. The highest BCUT2D eigenvalue weighted by Gasteiger charge is 2.15. The van der Waals surface area contributed by atoms with Crippen molar-refractivity contribution in [1.29, 1.82) is 0 Å². The van der Waals surface area contributed by atoms with Crippen LogP contribution in [0, 0.1) is 0 Å². The van der Waals surface area contributed by atoms with E-state index in [0.717, 1.165) is 48.2 Å². The van der Waals surface area contributed by atoms with Crippen LogP contribution in [0.1, 0.15) is 6.42 Å². The summed E-state index contributed by atoms with van der Waals surface area (Å²) in [5.74, 6) is 0.0288. The van der Waals surface area contributed by atoms with Crippen molar-refractivity contribution >= 4 is 35.0 Å². The highest BCUT2D eigenvalue weighted by Crippen LogP contribution is 2.35. The normalized spacial score (nSPS) is 15.8. The maximum absolute atomic E-state index is 12.4. The zero-order valence-electron chi connectivity index (χ0n) is 15.0. The van der Waals surface area contributed by atoms with Crippen molar-refractivity contribution in [3.8, 4) is 0 Å². The second-order valence-electron chi connectivity index (χ2n) is 6.50. The molecule has 2 aromatic rings. The Bertz CT molecular complexity index is 733. The third-order valence-electron chi connectivity index (χ3n) is 4.44. The first-order valence-electron chi connectivity index (χ1n) is 8.83. The summed E-state index contributed by atoms with van der Waals surface area (Å²) in [6, 6.07) is 15.7. The molecule has 4 nitrogen and oxygen atoms in total. The number of hydrogen-bond donors (Lipinski definition) is 1. The monoisotopic (exact) mass is 389 g/mol. The van der Waals surface area contributed by atoms with E-state index < -0.39 is 0 Å². The number of halogens is 1. The maximum atomic E-state index is 12.4. The van der Waals surface area contributed by atoms with Gasteiger partial charge in [0.1, 0.15) is 0 Å². The van der Waals surface area contributed by atoms with Crippen LogP contribution in [0.15, 0.2) is 58.3 Å². The van der Waals surface area contributed by atoms with Gasteiger partial charge < -0.3 is 15.1 Å². The van der Waals surface area contributed by atoms with Crippen molar-refractivity contribution in [3.63, 3.8) is 0 Å². The van der Waals surface area contributed by atoms with Crippen LogP contribution in [0.25, 0.3) is 0 Å². The van der Waals surface area contributed by atoms with E-state index in [1.54, 1.807) is 11.8 Å². The van der Waals surface area contributed by atoms with Gasteiger partial charge in [-0.05, 0) is 37.4 Å². The molecule has 0 saturated carbocycles. The average molecular weight is 390 g/mol. The van der Waals surface area contributed by atoms with E-state index in [-0.39, 0.29) is 5.91 Å². The fourth-order valence-corrected chi connectivity index (χ4v) is 3.92. The Morgan fingerprint density at radius 2 is 1.85 bits per heavy atom. The van der Waals surface area contributed by atoms with Gasteiger partial charge in [0.2, 0.25) is 5.91 Å². The van der Waals surface area contributed by atoms with Gasteiger partial charge in [-0.15, -0.1) is 0 Å². The minimum Gasteiger partial charge on any atom is -0.325 e. The van der Waals surface area contributed by atoms with Gasteiger partial charge in [-0.1, -0.05) is 41.6 Å². The largest absolute Gasteiger partial charge is 0.325 e. The molecule has 1 saturated heterocycles. The van der Waals surface area contributed by atoms with Crippen LogP contribution in [0.5, 0.6) is 0 Å².